The molecule has 0 bridgehead atoms. The van der Waals surface area contributed by atoms with Crippen molar-refractivity contribution in [3.05, 3.63) is 17.8 Å². The second kappa shape index (κ2) is 5.25. The van der Waals surface area contributed by atoms with E-state index in [1.807, 2.05) is 6.07 Å². The maximum absolute atomic E-state index is 5.75. The van der Waals surface area contributed by atoms with Crippen LogP contribution in [-0.4, -0.2) is 22.8 Å². The highest BCUT2D eigenvalue weighted by Crippen LogP contribution is 2.26. The summed E-state index contributed by atoms with van der Waals surface area (Å²) in [4.78, 5) is 2.39. The predicted molar refractivity (Wildman–Crippen MR) is 65.2 cm³/mol. The Hall–Kier alpha value is -1.16. The third-order valence-electron chi connectivity index (χ3n) is 3.37. The molecule has 0 radical (unpaired) electrons. The van der Waals surface area contributed by atoms with E-state index in [-0.39, 0.29) is 0 Å². The SMILES string of the molecule is CCC1CCCCN1c1nnccc1CN. The molecule has 1 saturated heterocycles. The lowest BCUT2D eigenvalue weighted by Crippen LogP contribution is -2.40. The van der Waals surface area contributed by atoms with Crippen LogP contribution in [0, 0.1) is 0 Å². The van der Waals surface area contributed by atoms with E-state index in [0.717, 1.165) is 17.9 Å². The normalized spacial score (nSPS) is 21.1. The predicted octanol–water partition coefficient (Wildman–Crippen LogP) is 1.70. The average Bonchev–Trinajstić information content (AvgIpc) is 2.38. The fraction of sp³-hybridized carbons (Fsp3) is 0.667. The van der Waals surface area contributed by atoms with Crippen LogP contribution in [0.15, 0.2) is 12.3 Å². The number of anilines is 1. The van der Waals surface area contributed by atoms with Crippen molar-refractivity contribution in [1.29, 1.82) is 0 Å². The van der Waals surface area contributed by atoms with Gasteiger partial charge in [-0.15, -0.1) is 5.10 Å². The van der Waals surface area contributed by atoms with Gasteiger partial charge in [-0.3, -0.25) is 0 Å². The summed E-state index contributed by atoms with van der Waals surface area (Å²) in [7, 11) is 0. The van der Waals surface area contributed by atoms with Crippen molar-refractivity contribution in [3.63, 3.8) is 0 Å². The van der Waals surface area contributed by atoms with Gasteiger partial charge in [0.2, 0.25) is 0 Å². The minimum absolute atomic E-state index is 0.539. The molecule has 1 fully saturated rings. The Bertz CT molecular complexity index is 340. The van der Waals surface area contributed by atoms with Crippen LogP contribution in [0.3, 0.4) is 0 Å². The molecule has 2 N–H and O–H groups in total. The molecule has 4 nitrogen and oxygen atoms in total. The van der Waals surface area contributed by atoms with Gasteiger partial charge in [0.05, 0.1) is 6.20 Å². The van der Waals surface area contributed by atoms with Gasteiger partial charge in [0.15, 0.2) is 5.82 Å². The Morgan fingerprint density at radius 2 is 2.38 bits per heavy atom. The van der Waals surface area contributed by atoms with Crippen molar-refractivity contribution >= 4 is 5.82 Å². The first kappa shape index (κ1) is 11.3. The van der Waals surface area contributed by atoms with Crippen LogP contribution in [0.25, 0.3) is 0 Å². The van der Waals surface area contributed by atoms with E-state index in [2.05, 4.69) is 22.0 Å². The molecule has 16 heavy (non-hydrogen) atoms. The van der Waals surface area contributed by atoms with E-state index in [1.54, 1.807) is 6.20 Å². The maximum Gasteiger partial charge on any atom is 0.156 e. The van der Waals surface area contributed by atoms with Gasteiger partial charge in [-0.25, -0.2) is 0 Å². The third kappa shape index (κ3) is 2.16. The fourth-order valence-corrected chi connectivity index (χ4v) is 2.46. The summed E-state index contributed by atoms with van der Waals surface area (Å²) < 4.78 is 0. The Balaban J connectivity index is 2.26. The summed E-state index contributed by atoms with van der Waals surface area (Å²) in [5.74, 6) is 0.997. The van der Waals surface area contributed by atoms with Crippen LogP contribution in [-0.2, 0) is 6.54 Å². The Morgan fingerprint density at radius 1 is 1.50 bits per heavy atom. The Morgan fingerprint density at radius 3 is 3.12 bits per heavy atom. The lowest BCUT2D eigenvalue weighted by atomic mass is 9.99. The highest BCUT2D eigenvalue weighted by Gasteiger charge is 2.23. The molecule has 1 aromatic rings. The molecule has 0 saturated carbocycles. The molecule has 1 aromatic heterocycles. The summed E-state index contributed by atoms with van der Waals surface area (Å²) in [6.45, 7) is 3.86. The minimum Gasteiger partial charge on any atom is -0.352 e. The van der Waals surface area contributed by atoms with Crippen molar-refractivity contribution in [1.82, 2.24) is 10.2 Å². The summed E-state index contributed by atoms with van der Waals surface area (Å²) in [5, 5.41) is 8.26. The number of aromatic nitrogens is 2. The minimum atomic E-state index is 0.539. The lowest BCUT2D eigenvalue weighted by molar-refractivity contribution is 0.444. The summed E-state index contributed by atoms with van der Waals surface area (Å²) in [6, 6.07) is 2.58. The quantitative estimate of drug-likeness (QED) is 0.842. The number of nitrogens with zero attached hydrogens (tertiary/aromatic N) is 3. The van der Waals surface area contributed by atoms with Crippen LogP contribution >= 0.6 is 0 Å². The van der Waals surface area contributed by atoms with Crippen LogP contribution in [0.2, 0.25) is 0 Å². The van der Waals surface area contributed by atoms with E-state index in [0.29, 0.717) is 12.6 Å². The van der Waals surface area contributed by atoms with Crippen molar-refractivity contribution in [2.24, 2.45) is 5.73 Å². The van der Waals surface area contributed by atoms with Crippen molar-refractivity contribution in [2.75, 3.05) is 11.4 Å². The lowest BCUT2D eigenvalue weighted by Gasteiger charge is -2.36. The number of hydrogen-bond donors (Lipinski definition) is 1. The molecule has 2 heterocycles. The first-order valence-electron chi connectivity index (χ1n) is 6.14. The Kier molecular flexibility index (Phi) is 3.72. The summed E-state index contributed by atoms with van der Waals surface area (Å²) in [5.41, 5.74) is 6.86. The van der Waals surface area contributed by atoms with E-state index in [9.17, 15) is 0 Å². The van der Waals surface area contributed by atoms with E-state index in [1.165, 1.54) is 25.7 Å². The molecule has 0 spiro atoms. The van der Waals surface area contributed by atoms with Crippen LogP contribution in [0.1, 0.15) is 38.2 Å². The zero-order valence-corrected chi connectivity index (χ0v) is 9.89. The van der Waals surface area contributed by atoms with Gasteiger partial charge >= 0.3 is 0 Å². The second-order valence-corrected chi connectivity index (χ2v) is 4.34. The van der Waals surface area contributed by atoms with Crippen molar-refractivity contribution < 1.29 is 0 Å². The molecule has 0 aliphatic carbocycles. The van der Waals surface area contributed by atoms with Crippen LogP contribution in [0.4, 0.5) is 5.82 Å². The molecule has 1 atom stereocenters. The standard InChI is InChI=1S/C12H20N4/c1-2-11-5-3-4-8-16(11)12-10(9-13)6-7-14-15-12/h6-7,11H,2-5,8-9,13H2,1H3. The average molecular weight is 220 g/mol. The van der Waals surface area contributed by atoms with Crippen molar-refractivity contribution in [2.45, 2.75) is 45.2 Å². The number of piperidine rings is 1. The van der Waals surface area contributed by atoms with Gasteiger partial charge in [-0.2, -0.15) is 5.10 Å². The molecular formula is C12H20N4. The molecular weight excluding hydrogens is 200 g/mol. The Labute approximate surface area is 96.9 Å². The van der Waals surface area contributed by atoms with Crippen molar-refractivity contribution in [3.8, 4) is 0 Å². The smallest absolute Gasteiger partial charge is 0.156 e. The molecule has 0 aromatic carbocycles. The zero-order valence-electron chi connectivity index (χ0n) is 9.89. The largest absolute Gasteiger partial charge is 0.352 e. The molecule has 1 aliphatic heterocycles. The van der Waals surface area contributed by atoms with Gasteiger partial charge < -0.3 is 10.6 Å². The van der Waals surface area contributed by atoms with Gasteiger partial charge in [0, 0.05) is 24.7 Å². The molecule has 1 aliphatic rings. The number of hydrogen-bond acceptors (Lipinski definition) is 4. The van der Waals surface area contributed by atoms with Gasteiger partial charge in [0.1, 0.15) is 0 Å². The number of rotatable bonds is 3. The first-order valence-corrected chi connectivity index (χ1v) is 6.14. The van der Waals surface area contributed by atoms with E-state index < -0.39 is 0 Å². The fourth-order valence-electron chi connectivity index (χ4n) is 2.46. The molecule has 1 unspecified atom stereocenters. The summed E-state index contributed by atoms with van der Waals surface area (Å²) in [6.07, 6.45) is 6.72. The highest BCUT2D eigenvalue weighted by atomic mass is 15.3. The first-order chi connectivity index (χ1) is 7.86. The van der Waals surface area contributed by atoms with Gasteiger partial charge in [-0.1, -0.05) is 6.92 Å². The monoisotopic (exact) mass is 220 g/mol. The van der Waals surface area contributed by atoms with E-state index in [4.69, 9.17) is 5.73 Å². The van der Waals surface area contributed by atoms with Gasteiger partial charge in [-0.05, 0) is 31.7 Å². The third-order valence-corrected chi connectivity index (χ3v) is 3.37. The van der Waals surface area contributed by atoms with Crippen LogP contribution in [0.5, 0.6) is 0 Å². The van der Waals surface area contributed by atoms with Crippen LogP contribution < -0.4 is 10.6 Å². The maximum atomic E-state index is 5.75. The van der Waals surface area contributed by atoms with E-state index >= 15 is 0 Å². The molecule has 2 rings (SSSR count). The molecule has 88 valence electrons. The summed E-state index contributed by atoms with van der Waals surface area (Å²) >= 11 is 0. The molecule has 4 heteroatoms. The van der Waals surface area contributed by atoms with Gasteiger partial charge in [0.25, 0.3) is 0 Å². The number of nitrogens with two attached hydrogens (primary N) is 1. The zero-order chi connectivity index (χ0) is 11.4. The molecule has 0 amide bonds. The second-order valence-electron chi connectivity index (χ2n) is 4.34. The highest BCUT2D eigenvalue weighted by molar-refractivity contribution is 5.46. The topological polar surface area (TPSA) is 55.0 Å².